The maximum atomic E-state index is 12.4. The molecule has 122 valence electrons. The Morgan fingerprint density at radius 1 is 1.18 bits per heavy atom. The standard InChI is InChI=1S/C18H24F2O2/c1-11-12(2)14(4)17(21)15(13(11)3)8-10-18(5,22)9-6-7-16(19)20/h7,22H,1,6,8-10H2,2-5H3/t18-/m1/s1. The Labute approximate surface area is 130 Å². The number of hydrogen-bond acceptors (Lipinski definition) is 2. The van der Waals surface area contributed by atoms with E-state index in [2.05, 4.69) is 6.58 Å². The molecule has 1 aliphatic rings. The SMILES string of the molecule is C=C1C(C)=C(C)C(=O)C(CC[C@](C)(O)CCC=C(F)F)=C1C. The summed E-state index contributed by atoms with van der Waals surface area (Å²) in [5.41, 5.74) is 2.90. The molecule has 22 heavy (non-hydrogen) atoms. The zero-order valence-electron chi connectivity index (χ0n) is 13.7. The lowest BCUT2D eigenvalue weighted by Crippen LogP contribution is -2.25. The number of aliphatic hydroxyl groups is 1. The fourth-order valence-electron chi connectivity index (χ4n) is 2.57. The smallest absolute Gasteiger partial charge is 0.266 e. The molecule has 1 atom stereocenters. The van der Waals surface area contributed by atoms with Crippen LogP contribution in [-0.4, -0.2) is 16.5 Å². The number of ketones is 1. The van der Waals surface area contributed by atoms with Gasteiger partial charge in [-0.1, -0.05) is 6.58 Å². The lowest BCUT2D eigenvalue weighted by atomic mass is 9.80. The fourth-order valence-corrected chi connectivity index (χ4v) is 2.57. The first-order chi connectivity index (χ1) is 10.1. The molecule has 0 bridgehead atoms. The Morgan fingerprint density at radius 2 is 1.77 bits per heavy atom. The molecular weight excluding hydrogens is 286 g/mol. The molecule has 0 fully saturated rings. The molecule has 4 heteroatoms. The van der Waals surface area contributed by atoms with Gasteiger partial charge in [-0.05, 0) is 76.2 Å². The molecule has 1 N–H and O–H groups in total. The number of carbonyl (C=O) groups is 1. The Kier molecular flexibility index (Phi) is 6.00. The molecule has 0 saturated carbocycles. The summed E-state index contributed by atoms with van der Waals surface area (Å²) in [4.78, 5) is 12.4. The van der Waals surface area contributed by atoms with Gasteiger partial charge in [0.25, 0.3) is 6.08 Å². The molecule has 0 unspecified atom stereocenters. The van der Waals surface area contributed by atoms with Crippen molar-refractivity contribution in [3.05, 3.63) is 46.6 Å². The van der Waals surface area contributed by atoms with E-state index >= 15 is 0 Å². The minimum Gasteiger partial charge on any atom is -0.390 e. The van der Waals surface area contributed by atoms with Crippen molar-refractivity contribution in [1.29, 1.82) is 0 Å². The van der Waals surface area contributed by atoms with Gasteiger partial charge in [0, 0.05) is 11.1 Å². The summed E-state index contributed by atoms with van der Waals surface area (Å²) in [6.45, 7) is 11.1. The van der Waals surface area contributed by atoms with Crippen LogP contribution in [0.4, 0.5) is 8.78 Å². The van der Waals surface area contributed by atoms with Crippen LogP contribution in [0.5, 0.6) is 0 Å². The van der Waals surface area contributed by atoms with Crippen molar-refractivity contribution in [2.45, 2.75) is 59.0 Å². The first-order valence-electron chi connectivity index (χ1n) is 7.42. The topological polar surface area (TPSA) is 37.3 Å². The highest BCUT2D eigenvalue weighted by Gasteiger charge is 2.27. The van der Waals surface area contributed by atoms with Crippen LogP contribution in [0.1, 0.15) is 53.4 Å². The molecule has 0 aromatic rings. The number of carbonyl (C=O) groups excluding carboxylic acids is 1. The van der Waals surface area contributed by atoms with Crippen LogP contribution in [-0.2, 0) is 4.79 Å². The molecule has 2 nitrogen and oxygen atoms in total. The Hall–Kier alpha value is -1.55. The van der Waals surface area contributed by atoms with Crippen molar-refractivity contribution >= 4 is 5.78 Å². The quantitative estimate of drug-likeness (QED) is 0.760. The van der Waals surface area contributed by atoms with Crippen molar-refractivity contribution < 1.29 is 18.7 Å². The fraction of sp³-hybridized carbons (Fsp3) is 0.500. The van der Waals surface area contributed by atoms with Gasteiger partial charge in [0.2, 0.25) is 0 Å². The second kappa shape index (κ2) is 7.14. The van der Waals surface area contributed by atoms with Crippen molar-refractivity contribution in [2.75, 3.05) is 0 Å². The van der Waals surface area contributed by atoms with E-state index in [0.29, 0.717) is 24.0 Å². The predicted octanol–water partition coefficient (Wildman–Crippen LogP) is 4.87. The van der Waals surface area contributed by atoms with Crippen LogP contribution in [0, 0.1) is 0 Å². The molecule has 1 aliphatic carbocycles. The highest BCUT2D eigenvalue weighted by atomic mass is 19.3. The van der Waals surface area contributed by atoms with Crippen LogP contribution < -0.4 is 0 Å². The van der Waals surface area contributed by atoms with Gasteiger partial charge in [-0.25, -0.2) is 0 Å². The third-order valence-corrected chi connectivity index (χ3v) is 4.43. The van der Waals surface area contributed by atoms with E-state index in [1.807, 2.05) is 13.8 Å². The normalized spacial score (nSPS) is 18.7. The van der Waals surface area contributed by atoms with Crippen molar-refractivity contribution in [3.8, 4) is 0 Å². The summed E-state index contributed by atoms with van der Waals surface area (Å²) < 4.78 is 24.0. The minimum atomic E-state index is -1.73. The number of Topliss-reactive ketones (excluding diaryl/α,β-unsaturated/α-hetero) is 1. The summed E-state index contributed by atoms with van der Waals surface area (Å²) in [6, 6.07) is 0. The summed E-state index contributed by atoms with van der Waals surface area (Å²) in [5.74, 6) is -0.00658. The van der Waals surface area contributed by atoms with Gasteiger partial charge in [0.15, 0.2) is 5.78 Å². The zero-order chi connectivity index (χ0) is 17.1. The van der Waals surface area contributed by atoms with Crippen LogP contribution in [0.2, 0.25) is 0 Å². The predicted molar refractivity (Wildman–Crippen MR) is 84.6 cm³/mol. The maximum Gasteiger partial charge on any atom is 0.266 e. The first kappa shape index (κ1) is 18.5. The van der Waals surface area contributed by atoms with Crippen molar-refractivity contribution in [1.82, 2.24) is 0 Å². The molecule has 0 saturated heterocycles. The largest absolute Gasteiger partial charge is 0.390 e. The monoisotopic (exact) mass is 310 g/mol. The third kappa shape index (κ3) is 4.47. The molecule has 0 aromatic carbocycles. The molecule has 0 amide bonds. The third-order valence-electron chi connectivity index (χ3n) is 4.43. The van der Waals surface area contributed by atoms with E-state index in [9.17, 15) is 18.7 Å². The van der Waals surface area contributed by atoms with Gasteiger partial charge in [-0.2, -0.15) is 8.78 Å². The highest BCUT2D eigenvalue weighted by Crippen LogP contribution is 2.34. The summed E-state index contributed by atoms with van der Waals surface area (Å²) in [5, 5.41) is 10.3. The average Bonchev–Trinajstić information content (AvgIpc) is 2.42. The molecule has 0 aliphatic heterocycles. The zero-order valence-corrected chi connectivity index (χ0v) is 13.7. The molecular formula is C18H24F2O2. The number of hydrogen-bond donors (Lipinski definition) is 1. The Bertz CT molecular complexity index is 574. The van der Waals surface area contributed by atoms with Crippen LogP contribution >= 0.6 is 0 Å². The van der Waals surface area contributed by atoms with Gasteiger partial charge in [-0.3, -0.25) is 4.79 Å². The molecule has 0 heterocycles. The maximum absolute atomic E-state index is 12.4. The number of rotatable bonds is 6. The van der Waals surface area contributed by atoms with E-state index in [-0.39, 0.29) is 18.6 Å². The van der Waals surface area contributed by atoms with Gasteiger partial charge >= 0.3 is 0 Å². The molecule has 0 radical (unpaired) electrons. The summed E-state index contributed by atoms with van der Waals surface area (Å²) >= 11 is 0. The molecule has 0 aromatic heterocycles. The van der Waals surface area contributed by atoms with Crippen LogP contribution in [0.25, 0.3) is 0 Å². The molecule has 1 rings (SSSR count). The first-order valence-corrected chi connectivity index (χ1v) is 7.42. The van der Waals surface area contributed by atoms with Crippen LogP contribution in [0.15, 0.2) is 46.6 Å². The minimum absolute atomic E-state index is 0.00658. The van der Waals surface area contributed by atoms with Gasteiger partial charge in [-0.15, -0.1) is 0 Å². The Morgan fingerprint density at radius 3 is 2.32 bits per heavy atom. The van der Waals surface area contributed by atoms with E-state index < -0.39 is 11.7 Å². The second-order valence-electron chi connectivity index (χ2n) is 6.19. The van der Waals surface area contributed by atoms with Crippen molar-refractivity contribution in [3.63, 3.8) is 0 Å². The second-order valence-corrected chi connectivity index (χ2v) is 6.19. The van der Waals surface area contributed by atoms with Gasteiger partial charge in [0.05, 0.1) is 5.60 Å². The lowest BCUT2D eigenvalue weighted by molar-refractivity contribution is -0.112. The van der Waals surface area contributed by atoms with Crippen LogP contribution in [0.3, 0.4) is 0 Å². The number of allylic oxidation sites excluding steroid dienone is 6. The summed E-state index contributed by atoms with van der Waals surface area (Å²) in [7, 11) is 0. The van der Waals surface area contributed by atoms with E-state index in [1.54, 1.807) is 13.8 Å². The lowest BCUT2D eigenvalue weighted by Gasteiger charge is -2.26. The Balaban J connectivity index is 2.77. The summed E-state index contributed by atoms with van der Waals surface area (Å²) in [6.07, 6.45) is 0.203. The van der Waals surface area contributed by atoms with E-state index in [4.69, 9.17) is 0 Å². The van der Waals surface area contributed by atoms with Gasteiger partial charge in [0.1, 0.15) is 0 Å². The van der Waals surface area contributed by atoms with Gasteiger partial charge < -0.3 is 5.11 Å². The average molecular weight is 310 g/mol. The van der Waals surface area contributed by atoms with E-state index in [1.165, 1.54) is 0 Å². The van der Waals surface area contributed by atoms with E-state index in [0.717, 1.165) is 22.8 Å². The highest BCUT2D eigenvalue weighted by molar-refractivity contribution is 6.11. The molecule has 0 spiro atoms. The number of halogens is 2. The van der Waals surface area contributed by atoms with Crippen molar-refractivity contribution in [2.24, 2.45) is 0 Å².